The molecule has 1 amide bonds. The van der Waals surface area contributed by atoms with E-state index in [-0.39, 0.29) is 18.1 Å². The topological polar surface area (TPSA) is 48.1 Å². The summed E-state index contributed by atoms with van der Waals surface area (Å²) in [5.74, 6) is 0.0916. The lowest BCUT2D eigenvalue weighted by Gasteiger charge is -2.41. The van der Waals surface area contributed by atoms with E-state index < -0.39 is 0 Å². The van der Waals surface area contributed by atoms with Crippen LogP contribution in [0.2, 0.25) is 0 Å². The van der Waals surface area contributed by atoms with Crippen LogP contribution in [0.3, 0.4) is 0 Å². The number of aromatic nitrogens is 1. The zero-order valence-electron chi connectivity index (χ0n) is 13.9. The van der Waals surface area contributed by atoms with Crippen molar-refractivity contribution in [3.8, 4) is 0 Å². The highest BCUT2D eigenvalue weighted by atomic mass is 16.2. The number of H-pyrrole nitrogens is 1. The number of para-hydroxylation sites is 2. The fourth-order valence-electron chi connectivity index (χ4n) is 3.47. The Hall–Kier alpha value is -2.75. The molecule has 122 valence electrons. The summed E-state index contributed by atoms with van der Waals surface area (Å²) in [7, 11) is 0. The Balaban J connectivity index is 1.87. The summed E-state index contributed by atoms with van der Waals surface area (Å²) in [6.45, 7) is 4.22. The van der Waals surface area contributed by atoms with E-state index in [1.165, 1.54) is 0 Å². The molecule has 4 rings (SSSR count). The van der Waals surface area contributed by atoms with Crippen molar-refractivity contribution in [1.82, 2.24) is 9.88 Å². The van der Waals surface area contributed by atoms with Crippen LogP contribution in [0.5, 0.6) is 0 Å². The molecule has 0 saturated carbocycles. The van der Waals surface area contributed by atoms with Crippen LogP contribution in [0.25, 0.3) is 10.9 Å². The average molecular weight is 319 g/mol. The third kappa shape index (κ3) is 2.18. The van der Waals surface area contributed by atoms with E-state index >= 15 is 0 Å². The minimum atomic E-state index is -0.168. The number of carbonyl (C=O) groups is 1. The Bertz CT molecular complexity index is 899. The predicted octanol–water partition coefficient (Wildman–Crippen LogP) is 4.53. The van der Waals surface area contributed by atoms with Crippen molar-refractivity contribution < 1.29 is 4.79 Å². The minimum absolute atomic E-state index is 0.0916. The molecule has 0 spiro atoms. The van der Waals surface area contributed by atoms with Crippen LogP contribution < -0.4 is 5.32 Å². The molecule has 1 aliphatic heterocycles. The number of hydrogen-bond donors (Lipinski definition) is 2. The number of hydrogen-bond acceptors (Lipinski definition) is 2. The number of benzene rings is 2. The molecule has 4 nitrogen and oxygen atoms in total. The Morgan fingerprint density at radius 3 is 2.71 bits per heavy atom. The Morgan fingerprint density at radius 2 is 1.88 bits per heavy atom. The normalized spacial score (nSPS) is 18.3. The number of anilines is 1. The predicted molar refractivity (Wildman–Crippen MR) is 97.0 cm³/mol. The van der Waals surface area contributed by atoms with Gasteiger partial charge in [-0.2, -0.15) is 0 Å². The number of carbonyl (C=O) groups excluding carboxylic acids is 1. The summed E-state index contributed by atoms with van der Waals surface area (Å²) < 4.78 is 0. The third-order valence-electron chi connectivity index (χ3n) is 4.94. The average Bonchev–Trinajstić information content (AvgIpc) is 3.05. The van der Waals surface area contributed by atoms with Crippen LogP contribution in [0, 0.1) is 0 Å². The molecule has 1 aromatic heterocycles. The largest absolute Gasteiger partial charge is 0.361 e. The van der Waals surface area contributed by atoms with Gasteiger partial charge in [-0.1, -0.05) is 37.3 Å². The number of rotatable bonds is 3. The molecule has 2 heterocycles. The molecule has 2 aromatic carbocycles. The standard InChI is InChI=1S/C20H21N3O/c1-3-13(2)23-19(16-12-21-17-10-6-4-8-14(16)17)22-18-11-7-5-9-15(18)20(23)24/h4-13,19,21-22H,3H2,1-2H3/t13-,19-/m0/s1. The molecular weight excluding hydrogens is 298 g/mol. The first kappa shape index (κ1) is 14.8. The van der Waals surface area contributed by atoms with Gasteiger partial charge in [0.1, 0.15) is 6.17 Å². The smallest absolute Gasteiger partial charge is 0.258 e. The van der Waals surface area contributed by atoms with Gasteiger partial charge in [-0.3, -0.25) is 4.79 Å². The van der Waals surface area contributed by atoms with E-state index in [2.05, 4.69) is 36.3 Å². The van der Waals surface area contributed by atoms with Gasteiger partial charge in [0.15, 0.2) is 0 Å². The number of fused-ring (bicyclic) bond motifs is 2. The van der Waals surface area contributed by atoms with E-state index in [0.717, 1.165) is 34.1 Å². The first-order valence-electron chi connectivity index (χ1n) is 8.45. The van der Waals surface area contributed by atoms with Gasteiger partial charge in [-0.25, -0.2) is 0 Å². The number of aromatic amines is 1. The maximum absolute atomic E-state index is 13.1. The molecule has 2 atom stereocenters. The Labute approximate surface area is 141 Å². The SMILES string of the molecule is CC[C@H](C)N1C(=O)c2ccccc2N[C@@H]1c1c[nH]c2ccccc12. The first-order valence-corrected chi connectivity index (χ1v) is 8.45. The Morgan fingerprint density at radius 1 is 1.12 bits per heavy atom. The highest BCUT2D eigenvalue weighted by Crippen LogP contribution is 2.37. The van der Waals surface area contributed by atoms with Gasteiger partial charge in [-0.05, 0) is 31.5 Å². The number of nitrogens with one attached hydrogen (secondary N) is 2. The van der Waals surface area contributed by atoms with E-state index in [1.807, 2.05) is 47.5 Å². The molecule has 0 radical (unpaired) electrons. The van der Waals surface area contributed by atoms with Gasteiger partial charge < -0.3 is 15.2 Å². The van der Waals surface area contributed by atoms with Crippen molar-refractivity contribution >= 4 is 22.5 Å². The van der Waals surface area contributed by atoms with E-state index in [0.29, 0.717) is 0 Å². The summed E-state index contributed by atoms with van der Waals surface area (Å²) in [5, 5.41) is 4.72. The molecular formula is C20H21N3O. The van der Waals surface area contributed by atoms with Crippen LogP contribution in [0.15, 0.2) is 54.7 Å². The van der Waals surface area contributed by atoms with Crippen molar-refractivity contribution in [3.63, 3.8) is 0 Å². The minimum Gasteiger partial charge on any atom is -0.361 e. The highest BCUT2D eigenvalue weighted by molar-refractivity contribution is 6.02. The van der Waals surface area contributed by atoms with Crippen LogP contribution in [-0.4, -0.2) is 21.8 Å². The molecule has 1 aliphatic rings. The van der Waals surface area contributed by atoms with Crippen LogP contribution in [0.4, 0.5) is 5.69 Å². The maximum Gasteiger partial charge on any atom is 0.258 e. The molecule has 3 aromatic rings. The quantitative estimate of drug-likeness (QED) is 0.745. The third-order valence-corrected chi connectivity index (χ3v) is 4.94. The molecule has 0 aliphatic carbocycles. The summed E-state index contributed by atoms with van der Waals surface area (Å²) in [5.41, 5.74) is 3.84. The van der Waals surface area contributed by atoms with E-state index in [9.17, 15) is 4.79 Å². The van der Waals surface area contributed by atoms with E-state index in [1.54, 1.807) is 0 Å². The van der Waals surface area contributed by atoms with Gasteiger partial charge >= 0.3 is 0 Å². The monoisotopic (exact) mass is 319 g/mol. The van der Waals surface area contributed by atoms with Crippen molar-refractivity contribution in [3.05, 3.63) is 65.9 Å². The summed E-state index contributed by atoms with van der Waals surface area (Å²) in [4.78, 5) is 18.4. The second kappa shape index (κ2) is 5.71. The molecule has 0 unspecified atom stereocenters. The second-order valence-corrected chi connectivity index (χ2v) is 6.35. The van der Waals surface area contributed by atoms with E-state index in [4.69, 9.17) is 0 Å². The van der Waals surface area contributed by atoms with Gasteiger partial charge in [0.2, 0.25) is 0 Å². The van der Waals surface area contributed by atoms with Crippen LogP contribution in [0.1, 0.15) is 42.4 Å². The maximum atomic E-state index is 13.1. The first-order chi connectivity index (χ1) is 11.7. The fourth-order valence-corrected chi connectivity index (χ4v) is 3.47. The number of nitrogens with zero attached hydrogens (tertiary/aromatic N) is 1. The van der Waals surface area contributed by atoms with Crippen molar-refractivity contribution in [2.75, 3.05) is 5.32 Å². The molecule has 24 heavy (non-hydrogen) atoms. The summed E-state index contributed by atoms with van der Waals surface area (Å²) in [6.07, 6.45) is 2.76. The molecule has 4 heteroatoms. The van der Waals surface area contributed by atoms with Crippen LogP contribution in [-0.2, 0) is 0 Å². The molecule has 0 saturated heterocycles. The van der Waals surface area contributed by atoms with Gasteiger partial charge in [0, 0.05) is 34.4 Å². The van der Waals surface area contributed by atoms with Gasteiger partial charge in [0.05, 0.1) is 5.56 Å². The van der Waals surface area contributed by atoms with Crippen LogP contribution >= 0.6 is 0 Å². The number of amides is 1. The van der Waals surface area contributed by atoms with Crippen molar-refractivity contribution in [2.24, 2.45) is 0 Å². The zero-order valence-corrected chi connectivity index (χ0v) is 13.9. The second-order valence-electron chi connectivity index (χ2n) is 6.35. The van der Waals surface area contributed by atoms with Gasteiger partial charge in [0.25, 0.3) is 5.91 Å². The molecule has 0 fully saturated rings. The molecule has 2 N–H and O–H groups in total. The Kier molecular flexibility index (Phi) is 3.53. The molecule has 0 bridgehead atoms. The fraction of sp³-hybridized carbons (Fsp3) is 0.250. The van der Waals surface area contributed by atoms with Crippen molar-refractivity contribution in [2.45, 2.75) is 32.5 Å². The van der Waals surface area contributed by atoms with Crippen molar-refractivity contribution in [1.29, 1.82) is 0 Å². The lowest BCUT2D eigenvalue weighted by molar-refractivity contribution is 0.0595. The lowest BCUT2D eigenvalue weighted by Crippen LogP contribution is -2.47. The summed E-state index contributed by atoms with van der Waals surface area (Å²) in [6, 6.07) is 16.1. The lowest BCUT2D eigenvalue weighted by atomic mass is 10.0. The highest BCUT2D eigenvalue weighted by Gasteiger charge is 2.36. The van der Waals surface area contributed by atoms with Gasteiger partial charge in [-0.15, -0.1) is 0 Å². The zero-order chi connectivity index (χ0) is 16.7. The summed E-state index contributed by atoms with van der Waals surface area (Å²) >= 11 is 0.